The van der Waals surface area contributed by atoms with Gasteiger partial charge in [-0.3, -0.25) is 0 Å². The van der Waals surface area contributed by atoms with Gasteiger partial charge < -0.3 is 0 Å². The molecule has 0 saturated carbocycles. The molecule has 0 aromatic heterocycles. The van der Waals surface area contributed by atoms with E-state index in [0.29, 0.717) is 23.1 Å². The lowest BCUT2D eigenvalue weighted by atomic mass is 9.96. The number of aryl methyl sites for hydroxylation is 2. The van der Waals surface area contributed by atoms with Gasteiger partial charge in [-0.05, 0) is 84.3 Å². The average molecular weight is 543 g/mol. The van der Waals surface area contributed by atoms with Crippen LogP contribution >= 0.6 is 0 Å². The fraction of sp³-hybridized carbons (Fsp3) is 0.188. The van der Waals surface area contributed by atoms with Crippen molar-refractivity contribution in [2.45, 2.75) is 39.5 Å². The lowest BCUT2D eigenvalue weighted by Crippen LogP contribution is -2.01. The van der Waals surface area contributed by atoms with Gasteiger partial charge >= 0.3 is 0 Å². The van der Waals surface area contributed by atoms with Gasteiger partial charge in [0.2, 0.25) is 0 Å². The second-order valence-corrected chi connectivity index (χ2v) is 9.33. The zero-order valence-electron chi connectivity index (χ0n) is 21.3. The van der Waals surface area contributed by atoms with Gasteiger partial charge in [0.1, 0.15) is 34.9 Å². The molecule has 7 heteroatoms. The molecule has 0 fully saturated rings. The van der Waals surface area contributed by atoms with Crippen molar-refractivity contribution < 1.29 is 30.7 Å². The molecule has 202 valence electrons. The molecule has 0 unspecified atom stereocenters. The van der Waals surface area contributed by atoms with Crippen LogP contribution in [0.3, 0.4) is 0 Å². The van der Waals surface area contributed by atoms with Crippen molar-refractivity contribution in [2.24, 2.45) is 0 Å². The van der Waals surface area contributed by atoms with Gasteiger partial charge in [-0.2, -0.15) is 0 Å². The molecular formula is C32H25F7. The first-order chi connectivity index (χ1) is 18.6. The maximum absolute atomic E-state index is 14.9. The van der Waals surface area contributed by atoms with E-state index in [1.54, 1.807) is 31.2 Å². The lowest BCUT2D eigenvalue weighted by Gasteiger charge is -2.12. The van der Waals surface area contributed by atoms with Crippen molar-refractivity contribution in [3.63, 3.8) is 0 Å². The van der Waals surface area contributed by atoms with Crippen molar-refractivity contribution in [3.8, 4) is 22.3 Å². The Morgan fingerprint density at radius 3 is 1.69 bits per heavy atom. The normalized spacial score (nSPS) is 12.0. The van der Waals surface area contributed by atoms with E-state index in [1.807, 2.05) is 0 Å². The smallest absolute Gasteiger partial charge is 0.161 e. The van der Waals surface area contributed by atoms with Crippen LogP contribution in [0.1, 0.15) is 42.5 Å². The van der Waals surface area contributed by atoms with Crippen LogP contribution in [0.2, 0.25) is 0 Å². The number of halogens is 7. The van der Waals surface area contributed by atoms with Crippen molar-refractivity contribution in [1.29, 1.82) is 0 Å². The first kappa shape index (κ1) is 28.1. The van der Waals surface area contributed by atoms with Crippen LogP contribution in [0.25, 0.3) is 28.1 Å². The van der Waals surface area contributed by atoms with E-state index >= 15 is 0 Å². The molecule has 0 atom stereocenters. The Morgan fingerprint density at radius 1 is 0.590 bits per heavy atom. The zero-order chi connectivity index (χ0) is 28.3. The largest absolute Gasteiger partial charge is 0.209 e. The Bertz CT molecular complexity index is 1490. The van der Waals surface area contributed by atoms with E-state index in [9.17, 15) is 30.7 Å². The zero-order valence-corrected chi connectivity index (χ0v) is 21.3. The van der Waals surface area contributed by atoms with E-state index in [4.69, 9.17) is 0 Å². The third-order valence-electron chi connectivity index (χ3n) is 6.54. The van der Waals surface area contributed by atoms with Gasteiger partial charge in [0.25, 0.3) is 0 Å². The molecule has 0 bridgehead atoms. The lowest BCUT2D eigenvalue weighted by molar-refractivity contribution is 0.552. The maximum atomic E-state index is 14.9. The molecule has 0 aliphatic heterocycles. The summed E-state index contributed by atoms with van der Waals surface area (Å²) < 4.78 is 100. The predicted molar refractivity (Wildman–Crippen MR) is 140 cm³/mol. The predicted octanol–water partition coefficient (Wildman–Crippen LogP) is 10.1. The molecule has 0 radical (unpaired) electrons. The maximum Gasteiger partial charge on any atom is 0.161 e. The minimum Gasteiger partial charge on any atom is -0.209 e. The molecule has 0 N–H and O–H groups in total. The monoisotopic (exact) mass is 542 g/mol. The molecule has 0 heterocycles. The van der Waals surface area contributed by atoms with Gasteiger partial charge in [-0.15, -0.1) is 0 Å². The van der Waals surface area contributed by atoms with E-state index in [1.165, 1.54) is 18.2 Å². The summed E-state index contributed by atoms with van der Waals surface area (Å²) >= 11 is 0. The molecule has 0 spiro atoms. The Labute approximate surface area is 222 Å². The first-order valence-corrected chi connectivity index (χ1v) is 12.5. The molecule has 4 rings (SSSR count). The molecular weight excluding hydrogens is 517 g/mol. The van der Waals surface area contributed by atoms with E-state index in [2.05, 4.69) is 0 Å². The summed E-state index contributed by atoms with van der Waals surface area (Å²) in [5.41, 5.74) is 0.885. The minimum atomic E-state index is -0.972. The summed E-state index contributed by atoms with van der Waals surface area (Å²) in [7, 11) is 0. The molecule has 4 aromatic carbocycles. The highest BCUT2D eigenvalue weighted by molar-refractivity contribution is 5.69. The molecule has 0 aliphatic carbocycles. The summed E-state index contributed by atoms with van der Waals surface area (Å²) in [4.78, 5) is 0. The highest BCUT2D eigenvalue weighted by Crippen LogP contribution is 2.31. The molecule has 0 nitrogen and oxygen atoms in total. The fourth-order valence-electron chi connectivity index (χ4n) is 4.50. The second-order valence-electron chi connectivity index (χ2n) is 9.33. The van der Waals surface area contributed by atoms with Crippen LogP contribution in [0.5, 0.6) is 0 Å². The average Bonchev–Trinajstić information content (AvgIpc) is 2.89. The Morgan fingerprint density at radius 2 is 1.15 bits per heavy atom. The van der Waals surface area contributed by atoms with Crippen LogP contribution < -0.4 is 0 Å². The van der Waals surface area contributed by atoms with Gasteiger partial charge in [0, 0.05) is 11.1 Å². The summed E-state index contributed by atoms with van der Waals surface area (Å²) in [6, 6.07) is 14.4. The summed E-state index contributed by atoms with van der Waals surface area (Å²) in [5.74, 6) is -6.09. The van der Waals surface area contributed by atoms with E-state index < -0.39 is 46.3 Å². The van der Waals surface area contributed by atoms with Crippen LogP contribution in [-0.4, -0.2) is 0 Å². The number of hydrogen-bond donors (Lipinski definition) is 0. The third-order valence-corrected chi connectivity index (χ3v) is 6.54. The van der Waals surface area contributed by atoms with Gasteiger partial charge in [-0.25, -0.2) is 30.7 Å². The highest BCUT2D eigenvalue weighted by atomic mass is 19.2. The number of benzene rings is 4. The van der Waals surface area contributed by atoms with Crippen LogP contribution in [0.15, 0.2) is 72.6 Å². The van der Waals surface area contributed by atoms with Crippen molar-refractivity contribution >= 4 is 5.83 Å². The number of allylic oxidation sites excluding steroid dienone is 1. The third kappa shape index (κ3) is 6.24. The van der Waals surface area contributed by atoms with Crippen LogP contribution in [0, 0.1) is 29.1 Å². The van der Waals surface area contributed by atoms with Gasteiger partial charge in [0.05, 0.1) is 5.56 Å². The topological polar surface area (TPSA) is 0 Å². The van der Waals surface area contributed by atoms with E-state index in [0.717, 1.165) is 31.2 Å². The molecule has 0 aliphatic rings. The van der Waals surface area contributed by atoms with Crippen molar-refractivity contribution in [3.05, 3.63) is 124 Å². The SMILES string of the molecule is CCCc1c(F)cc(-c2c(F)cc(CCc3ccc(-c4ccc(C(F)=C(C)F)cc4)cc3F)cc2F)cc1F. The van der Waals surface area contributed by atoms with Gasteiger partial charge in [-0.1, -0.05) is 49.7 Å². The number of hydrogen-bond acceptors (Lipinski definition) is 0. The Hall–Kier alpha value is -3.87. The van der Waals surface area contributed by atoms with Crippen molar-refractivity contribution in [1.82, 2.24) is 0 Å². The standard InChI is InChI=1S/C32H25F7/c1-3-4-25-27(35)16-24(17-28(25)36)31-29(37)13-19(14-30(31)38)5-6-21-9-12-23(15-26(21)34)20-7-10-22(11-8-20)32(39)18(2)33/h7-17H,3-6H2,1-2H3. The fourth-order valence-corrected chi connectivity index (χ4v) is 4.50. The number of rotatable bonds is 8. The molecule has 0 amide bonds. The van der Waals surface area contributed by atoms with Crippen molar-refractivity contribution in [2.75, 3.05) is 0 Å². The van der Waals surface area contributed by atoms with Gasteiger partial charge in [0.15, 0.2) is 5.83 Å². The second kappa shape index (κ2) is 11.9. The summed E-state index contributed by atoms with van der Waals surface area (Å²) in [5, 5.41) is 0. The molecule has 39 heavy (non-hydrogen) atoms. The highest BCUT2D eigenvalue weighted by Gasteiger charge is 2.18. The Kier molecular flexibility index (Phi) is 8.58. The first-order valence-electron chi connectivity index (χ1n) is 12.5. The molecule has 0 saturated heterocycles. The van der Waals surface area contributed by atoms with Crippen LogP contribution in [-0.2, 0) is 19.3 Å². The Balaban J connectivity index is 1.50. The molecule has 4 aromatic rings. The minimum absolute atomic E-state index is 0.0742. The summed E-state index contributed by atoms with van der Waals surface area (Å²) in [6.45, 7) is 2.78. The quantitative estimate of drug-likeness (QED) is 0.194. The van der Waals surface area contributed by atoms with Crippen LogP contribution in [0.4, 0.5) is 30.7 Å². The summed E-state index contributed by atoms with van der Waals surface area (Å²) in [6.07, 6.45) is 0.945. The van der Waals surface area contributed by atoms with E-state index in [-0.39, 0.29) is 41.5 Å².